The Hall–Kier alpha value is -1.68. The lowest BCUT2D eigenvalue weighted by Crippen LogP contribution is -2.48. The second-order valence-corrected chi connectivity index (χ2v) is 8.53. The number of carbonyl (C=O) groups excluding carboxylic acids is 2. The van der Waals surface area contributed by atoms with Crippen molar-refractivity contribution >= 4 is 11.7 Å². The summed E-state index contributed by atoms with van der Waals surface area (Å²) in [6.07, 6.45) is 2.93. The molecule has 4 heteroatoms. The van der Waals surface area contributed by atoms with Crippen LogP contribution < -0.4 is 0 Å². The SMILES string of the molecule is Cc1ccc(C(=O)C2CCN(CC(=O)N3CC(C)CC(C)C3)CC2)cc1. The van der Waals surface area contributed by atoms with Crippen LogP contribution in [-0.4, -0.2) is 54.2 Å². The number of benzene rings is 1. The van der Waals surface area contributed by atoms with E-state index in [1.165, 1.54) is 12.0 Å². The Morgan fingerprint density at radius 2 is 1.58 bits per heavy atom. The van der Waals surface area contributed by atoms with Crippen molar-refractivity contribution in [3.8, 4) is 0 Å². The number of ketones is 1. The van der Waals surface area contributed by atoms with E-state index < -0.39 is 0 Å². The number of piperidine rings is 2. The summed E-state index contributed by atoms with van der Waals surface area (Å²) in [5.41, 5.74) is 2.00. The molecule has 2 saturated heterocycles. The van der Waals surface area contributed by atoms with Gasteiger partial charge in [0.1, 0.15) is 0 Å². The topological polar surface area (TPSA) is 40.6 Å². The van der Waals surface area contributed by atoms with E-state index in [-0.39, 0.29) is 17.6 Å². The van der Waals surface area contributed by atoms with Crippen LogP contribution >= 0.6 is 0 Å². The zero-order chi connectivity index (χ0) is 18.7. The fourth-order valence-electron chi connectivity index (χ4n) is 4.46. The lowest BCUT2D eigenvalue weighted by molar-refractivity contribution is -0.135. The van der Waals surface area contributed by atoms with Gasteiger partial charge >= 0.3 is 0 Å². The quantitative estimate of drug-likeness (QED) is 0.777. The Bertz CT molecular complexity index is 622. The standard InChI is InChI=1S/C22H32N2O2/c1-16-4-6-19(7-5-16)22(26)20-8-10-23(11-9-20)15-21(25)24-13-17(2)12-18(3)14-24/h4-7,17-18,20H,8-15H2,1-3H3. The van der Waals surface area contributed by atoms with Crippen molar-refractivity contribution in [3.63, 3.8) is 0 Å². The molecule has 4 nitrogen and oxygen atoms in total. The Morgan fingerprint density at radius 1 is 1.00 bits per heavy atom. The molecule has 2 aliphatic rings. The van der Waals surface area contributed by atoms with Crippen molar-refractivity contribution in [1.29, 1.82) is 0 Å². The number of likely N-dealkylation sites (tertiary alicyclic amines) is 2. The van der Waals surface area contributed by atoms with Crippen LogP contribution in [0, 0.1) is 24.7 Å². The average molecular weight is 357 g/mol. The molecule has 0 aromatic heterocycles. The van der Waals surface area contributed by atoms with Crippen molar-refractivity contribution < 1.29 is 9.59 Å². The van der Waals surface area contributed by atoms with Crippen LogP contribution in [0.3, 0.4) is 0 Å². The molecule has 2 aliphatic heterocycles. The first-order chi connectivity index (χ1) is 12.4. The van der Waals surface area contributed by atoms with Crippen molar-refractivity contribution in [2.45, 2.75) is 40.0 Å². The summed E-state index contributed by atoms with van der Waals surface area (Å²) in [7, 11) is 0. The fraction of sp³-hybridized carbons (Fsp3) is 0.636. The van der Waals surface area contributed by atoms with Gasteiger partial charge in [0, 0.05) is 24.6 Å². The van der Waals surface area contributed by atoms with Gasteiger partial charge < -0.3 is 4.90 Å². The summed E-state index contributed by atoms with van der Waals surface area (Å²) in [6.45, 7) is 10.5. The number of Topliss-reactive ketones (excluding diaryl/α,β-unsaturated/α-hetero) is 1. The number of hydrogen-bond acceptors (Lipinski definition) is 3. The zero-order valence-corrected chi connectivity index (χ0v) is 16.4. The summed E-state index contributed by atoms with van der Waals surface area (Å²) in [5, 5.41) is 0. The fourth-order valence-corrected chi connectivity index (χ4v) is 4.46. The van der Waals surface area contributed by atoms with Crippen LogP contribution in [0.25, 0.3) is 0 Å². The first-order valence-corrected chi connectivity index (χ1v) is 10.0. The third kappa shape index (κ3) is 4.73. The smallest absolute Gasteiger partial charge is 0.236 e. The number of nitrogens with zero attached hydrogens (tertiary/aromatic N) is 2. The molecule has 0 spiro atoms. The summed E-state index contributed by atoms with van der Waals surface area (Å²) in [5.74, 6) is 1.81. The maximum Gasteiger partial charge on any atom is 0.236 e. The number of hydrogen-bond donors (Lipinski definition) is 0. The minimum atomic E-state index is 0.0964. The van der Waals surface area contributed by atoms with Gasteiger partial charge in [-0.25, -0.2) is 0 Å². The van der Waals surface area contributed by atoms with E-state index >= 15 is 0 Å². The van der Waals surface area contributed by atoms with Gasteiger partial charge in [-0.2, -0.15) is 0 Å². The maximum absolute atomic E-state index is 12.7. The number of aryl methyl sites for hydroxylation is 1. The monoisotopic (exact) mass is 356 g/mol. The predicted molar refractivity (Wildman–Crippen MR) is 104 cm³/mol. The van der Waals surface area contributed by atoms with Gasteiger partial charge in [-0.1, -0.05) is 43.7 Å². The minimum absolute atomic E-state index is 0.0964. The molecular formula is C22H32N2O2. The molecule has 2 atom stereocenters. The lowest BCUT2D eigenvalue weighted by Gasteiger charge is -2.37. The van der Waals surface area contributed by atoms with Gasteiger partial charge in [0.25, 0.3) is 0 Å². The highest BCUT2D eigenvalue weighted by Crippen LogP contribution is 2.24. The molecule has 0 radical (unpaired) electrons. The van der Waals surface area contributed by atoms with Crippen LogP contribution in [0.2, 0.25) is 0 Å². The van der Waals surface area contributed by atoms with E-state index in [1.807, 2.05) is 36.1 Å². The summed E-state index contributed by atoms with van der Waals surface area (Å²) in [6, 6.07) is 7.88. The predicted octanol–water partition coefficient (Wildman–Crippen LogP) is 3.39. The molecule has 0 bridgehead atoms. The Kier molecular flexibility index (Phi) is 6.13. The minimum Gasteiger partial charge on any atom is -0.341 e. The van der Waals surface area contributed by atoms with E-state index in [0.717, 1.165) is 44.6 Å². The van der Waals surface area contributed by atoms with Crippen molar-refractivity contribution in [1.82, 2.24) is 9.80 Å². The molecule has 142 valence electrons. The molecular weight excluding hydrogens is 324 g/mol. The molecule has 1 amide bonds. The van der Waals surface area contributed by atoms with Crippen LogP contribution in [0.15, 0.2) is 24.3 Å². The van der Waals surface area contributed by atoms with E-state index in [4.69, 9.17) is 0 Å². The molecule has 1 aromatic carbocycles. The first-order valence-electron chi connectivity index (χ1n) is 10.0. The van der Waals surface area contributed by atoms with Crippen LogP contribution in [0.4, 0.5) is 0 Å². The molecule has 26 heavy (non-hydrogen) atoms. The highest BCUT2D eigenvalue weighted by Gasteiger charge is 2.29. The molecule has 2 fully saturated rings. The Balaban J connectivity index is 1.48. The molecule has 1 aromatic rings. The average Bonchev–Trinajstić information content (AvgIpc) is 2.61. The number of carbonyl (C=O) groups is 2. The largest absolute Gasteiger partial charge is 0.341 e. The summed E-state index contributed by atoms with van der Waals surface area (Å²) >= 11 is 0. The van der Waals surface area contributed by atoms with Gasteiger partial charge in [0.05, 0.1) is 6.54 Å². The third-order valence-electron chi connectivity index (χ3n) is 5.87. The molecule has 2 unspecified atom stereocenters. The van der Waals surface area contributed by atoms with Crippen LogP contribution in [-0.2, 0) is 4.79 Å². The highest BCUT2D eigenvalue weighted by molar-refractivity contribution is 5.97. The van der Waals surface area contributed by atoms with Gasteiger partial charge in [0.2, 0.25) is 5.91 Å². The Morgan fingerprint density at radius 3 is 2.15 bits per heavy atom. The number of rotatable bonds is 4. The summed E-state index contributed by atoms with van der Waals surface area (Å²) < 4.78 is 0. The van der Waals surface area contributed by atoms with Crippen LogP contribution in [0.1, 0.15) is 49.0 Å². The third-order valence-corrected chi connectivity index (χ3v) is 5.87. The van der Waals surface area contributed by atoms with Crippen molar-refractivity contribution in [3.05, 3.63) is 35.4 Å². The summed E-state index contributed by atoms with van der Waals surface area (Å²) in [4.78, 5) is 29.6. The molecule has 3 rings (SSSR count). The van der Waals surface area contributed by atoms with E-state index in [2.05, 4.69) is 18.7 Å². The second-order valence-electron chi connectivity index (χ2n) is 8.53. The van der Waals surface area contributed by atoms with E-state index in [1.54, 1.807) is 0 Å². The van der Waals surface area contributed by atoms with Gasteiger partial charge in [-0.15, -0.1) is 0 Å². The van der Waals surface area contributed by atoms with Crippen molar-refractivity contribution in [2.24, 2.45) is 17.8 Å². The van der Waals surface area contributed by atoms with E-state index in [0.29, 0.717) is 18.4 Å². The van der Waals surface area contributed by atoms with Gasteiger partial charge in [-0.3, -0.25) is 14.5 Å². The highest BCUT2D eigenvalue weighted by atomic mass is 16.2. The van der Waals surface area contributed by atoms with Crippen LogP contribution in [0.5, 0.6) is 0 Å². The number of amides is 1. The van der Waals surface area contributed by atoms with Gasteiger partial charge in [-0.05, 0) is 51.1 Å². The Labute approximate surface area is 157 Å². The normalized spacial score (nSPS) is 25.3. The van der Waals surface area contributed by atoms with Gasteiger partial charge in [0.15, 0.2) is 5.78 Å². The zero-order valence-electron chi connectivity index (χ0n) is 16.4. The first kappa shape index (κ1) is 19.1. The van der Waals surface area contributed by atoms with Crippen molar-refractivity contribution in [2.75, 3.05) is 32.7 Å². The lowest BCUT2D eigenvalue weighted by atomic mass is 9.88. The second kappa shape index (κ2) is 8.34. The molecule has 0 aliphatic carbocycles. The van der Waals surface area contributed by atoms with E-state index in [9.17, 15) is 9.59 Å². The molecule has 0 saturated carbocycles. The molecule has 2 heterocycles. The molecule has 0 N–H and O–H groups in total. The maximum atomic E-state index is 12.7.